The molecule has 0 fully saturated rings. The Bertz CT molecular complexity index is 920. The minimum atomic E-state index is -0.969. The SMILES string of the molecule is C[C@@]1(c2cc(NC(=O)c3ccc(C#N)cn3)ccc2F)CCN=C(N)O1. The molecule has 8 heteroatoms. The fourth-order valence-corrected chi connectivity index (χ4v) is 2.68. The Labute approximate surface area is 149 Å². The highest BCUT2D eigenvalue weighted by Gasteiger charge is 2.35. The van der Waals surface area contributed by atoms with E-state index in [1.807, 2.05) is 6.07 Å². The highest BCUT2D eigenvalue weighted by molar-refractivity contribution is 6.02. The van der Waals surface area contributed by atoms with Crippen LogP contribution in [0.5, 0.6) is 0 Å². The van der Waals surface area contributed by atoms with E-state index >= 15 is 0 Å². The smallest absolute Gasteiger partial charge is 0.282 e. The van der Waals surface area contributed by atoms with Crippen LogP contribution in [0, 0.1) is 17.1 Å². The van der Waals surface area contributed by atoms with Crippen molar-refractivity contribution in [2.75, 3.05) is 11.9 Å². The largest absolute Gasteiger partial charge is 0.454 e. The quantitative estimate of drug-likeness (QED) is 0.879. The van der Waals surface area contributed by atoms with Gasteiger partial charge in [-0.05, 0) is 37.3 Å². The zero-order chi connectivity index (χ0) is 18.7. The molecule has 7 nitrogen and oxygen atoms in total. The van der Waals surface area contributed by atoms with Crippen LogP contribution in [-0.4, -0.2) is 23.5 Å². The molecule has 3 rings (SSSR count). The number of aromatic nitrogens is 1. The lowest BCUT2D eigenvalue weighted by molar-refractivity contribution is 0.0482. The van der Waals surface area contributed by atoms with Gasteiger partial charge in [-0.1, -0.05) is 0 Å². The van der Waals surface area contributed by atoms with E-state index in [0.717, 1.165) is 0 Å². The molecule has 2 aromatic rings. The van der Waals surface area contributed by atoms with Crippen molar-refractivity contribution in [3.05, 3.63) is 59.2 Å². The van der Waals surface area contributed by atoms with Crippen LogP contribution in [0.1, 0.15) is 35.0 Å². The number of carbonyl (C=O) groups excluding carboxylic acids is 1. The Morgan fingerprint density at radius 2 is 2.23 bits per heavy atom. The number of aliphatic imine (C=N–C) groups is 1. The number of nitrogens with one attached hydrogen (secondary N) is 1. The number of ether oxygens (including phenoxy) is 1. The first-order valence-corrected chi connectivity index (χ1v) is 7.88. The van der Waals surface area contributed by atoms with Crippen molar-refractivity contribution >= 4 is 17.6 Å². The first-order valence-electron chi connectivity index (χ1n) is 7.88. The van der Waals surface area contributed by atoms with Gasteiger partial charge in [0.15, 0.2) is 0 Å². The monoisotopic (exact) mass is 353 g/mol. The molecule has 0 saturated carbocycles. The summed E-state index contributed by atoms with van der Waals surface area (Å²) in [7, 11) is 0. The Morgan fingerprint density at radius 1 is 1.42 bits per heavy atom. The van der Waals surface area contributed by atoms with Gasteiger partial charge in [-0.2, -0.15) is 5.26 Å². The van der Waals surface area contributed by atoms with Crippen molar-refractivity contribution in [1.29, 1.82) is 5.26 Å². The fourth-order valence-electron chi connectivity index (χ4n) is 2.68. The van der Waals surface area contributed by atoms with Gasteiger partial charge < -0.3 is 15.8 Å². The molecule has 26 heavy (non-hydrogen) atoms. The van der Waals surface area contributed by atoms with Crippen LogP contribution >= 0.6 is 0 Å². The normalized spacial score (nSPS) is 19.0. The number of nitrogens with zero attached hydrogens (tertiary/aromatic N) is 3. The molecule has 1 aliphatic heterocycles. The van der Waals surface area contributed by atoms with Crippen molar-refractivity contribution in [2.45, 2.75) is 18.9 Å². The first-order chi connectivity index (χ1) is 12.4. The predicted octanol–water partition coefficient (Wildman–Crippen LogP) is 2.29. The van der Waals surface area contributed by atoms with Crippen molar-refractivity contribution in [2.24, 2.45) is 10.7 Å². The maximum Gasteiger partial charge on any atom is 0.282 e. The van der Waals surface area contributed by atoms with E-state index in [1.54, 1.807) is 6.92 Å². The molecule has 0 radical (unpaired) electrons. The Hall–Kier alpha value is -3.47. The molecule has 0 spiro atoms. The van der Waals surface area contributed by atoms with Crippen LogP contribution in [0.15, 0.2) is 41.5 Å². The summed E-state index contributed by atoms with van der Waals surface area (Å²) in [6.07, 6.45) is 1.77. The minimum absolute atomic E-state index is 0.00868. The lowest BCUT2D eigenvalue weighted by Crippen LogP contribution is -2.38. The van der Waals surface area contributed by atoms with Crippen LogP contribution in [-0.2, 0) is 10.3 Å². The molecule has 1 aliphatic rings. The summed E-state index contributed by atoms with van der Waals surface area (Å²) < 4.78 is 19.9. The van der Waals surface area contributed by atoms with E-state index in [1.165, 1.54) is 36.5 Å². The van der Waals surface area contributed by atoms with E-state index in [0.29, 0.717) is 24.2 Å². The molecule has 3 N–H and O–H groups in total. The lowest BCUT2D eigenvalue weighted by atomic mass is 9.90. The molecular formula is C18H16FN5O2. The number of nitrogens with two attached hydrogens (primary N) is 1. The molecule has 1 aromatic carbocycles. The van der Waals surface area contributed by atoms with Gasteiger partial charge in [-0.25, -0.2) is 14.4 Å². The Kier molecular flexibility index (Phi) is 4.54. The van der Waals surface area contributed by atoms with Crippen molar-refractivity contribution in [1.82, 2.24) is 4.98 Å². The van der Waals surface area contributed by atoms with E-state index in [4.69, 9.17) is 15.7 Å². The lowest BCUT2D eigenvalue weighted by Gasteiger charge is -2.33. The number of anilines is 1. The number of amides is 1. The summed E-state index contributed by atoms with van der Waals surface area (Å²) in [4.78, 5) is 20.2. The molecule has 0 bridgehead atoms. The maximum absolute atomic E-state index is 14.4. The number of halogens is 1. The van der Waals surface area contributed by atoms with Gasteiger partial charge in [0.25, 0.3) is 11.9 Å². The average molecular weight is 353 g/mol. The van der Waals surface area contributed by atoms with Crippen LogP contribution in [0.25, 0.3) is 0 Å². The second-order valence-electron chi connectivity index (χ2n) is 6.00. The predicted molar refractivity (Wildman–Crippen MR) is 92.8 cm³/mol. The second-order valence-corrected chi connectivity index (χ2v) is 6.00. The van der Waals surface area contributed by atoms with Crippen molar-refractivity contribution in [3.8, 4) is 6.07 Å². The third-order valence-electron chi connectivity index (χ3n) is 4.11. The number of pyridine rings is 1. The van der Waals surface area contributed by atoms with E-state index in [9.17, 15) is 9.18 Å². The number of carbonyl (C=O) groups is 1. The first kappa shape index (κ1) is 17.4. The molecule has 1 aromatic heterocycles. The van der Waals surface area contributed by atoms with Crippen LogP contribution in [0.3, 0.4) is 0 Å². The third-order valence-corrected chi connectivity index (χ3v) is 4.11. The van der Waals surface area contributed by atoms with Gasteiger partial charge in [-0.15, -0.1) is 0 Å². The summed E-state index contributed by atoms with van der Waals surface area (Å²) >= 11 is 0. The molecule has 2 heterocycles. The zero-order valence-electron chi connectivity index (χ0n) is 14.0. The summed E-state index contributed by atoms with van der Waals surface area (Å²) in [5.41, 5.74) is 5.82. The van der Waals surface area contributed by atoms with Crippen LogP contribution in [0.4, 0.5) is 10.1 Å². The van der Waals surface area contributed by atoms with Crippen molar-refractivity contribution < 1.29 is 13.9 Å². The molecule has 0 unspecified atom stereocenters. The Balaban J connectivity index is 1.84. The van der Waals surface area contributed by atoms with E-state index < -0.39 is 17.3 Å². The minimum Gasteiger partial charge on any atom is -0.454 e. The summed E-state index contributed by atoms with van der Waals surface area (Å²) in [6.45, 7) is 2.15. The van der Waals surface area contributed by atoms with Gasteiger partial charge in [0.1, 0.15) is 23.2 Å². The highest BCUT2D eigenvalue weighted by atomic mass is 19.1. The zero-order valence-corrected chi connectivity index (χ0v) is 14.0. The maximum atomic E-state index is 14.4. The second kappa shape index (κ2) is 6.80. The van der Waals surface area contributed by atoms with E-state index in [2.05, 4.69) is 15.3 Å². The molecule has 0 saturated heterocycles. The van der Waals surface area contributed by atoms with Gasteiger partial charge >= 0.3 is 0 Å². The van der Waals surface area contributed by atoms with E-state index in [-0.39, 0.29) is 17.3 Å². The fraction of sp³-hybridized carbons (Fsp3) is 0.222. The average Bonchev–Trinajstić information content (AvgIpc) is 2.63. The highest BCUT2D eigenvalue weighted by Crippen LogP contribution is 2.34. The Morgan fingerprint density at radius 3 is 2.88 bits per heavy atom. The number of amidine groups is 1. The van der Waals surface area contributed by atoms with Crippen LogP contribution < -0.4 is 11.1 Å². The third kappa shape index (κ3) is 3.47. The van der Waals surface area contributed by atoms with Gasteiger partial charge in [-0.3, -0.25) is 4.79 Å². The molecule has 132 valence electrons. The number of benzene rings is 1. The van der Waals surface area contributed by atoms with Crippen LogP contribution in [0.2, 0.25) is 0 Å². The van der Waals surface area contributed by atoms with Crippen molar-refractivity contribution in [3.63, 3.8) is 0 Å². The summed E-state index contributed by atoms with van der Waals surface area (Å²) in [5, 5.41) is 11.4. The number of nitriles is 1. The number of rotatable bonds is 3. The molecule has 0 aliphatic carbocycles. The molecular weight excluding hydrogens is 337 g/mol. The summed E-state index contributed by atoms with van der Waals surface area (Å²) in [5.74, 6) is -0.931. The number of hydrogen-bond acceptors (Lipinski definition) is 6. The topological polar surface area (TPSA) is 113 Å². The molecule has 1 atom stereocenters. The standard InChI is InChI=1S/C18H16FN5O2/c1-18(6-7-22-17(21)26-18)13-8-12(3-4-14(13)19)24-16(25)15-5-2-11(9-20)10-23-15/h2-5,8,10H,6-7H2,1H3,(H2,21,22)(H,24,25)/t18-/m0/s1. The number of hydrogen-bond donors (Lipinski definition) is 2. The molecule has 1 amide bonds. The van der Waals surface area contributed by atoms with Gasteiger partial charge in [0, 0.05) is 30.4 Å². The summed E-state index contributed by atoms with van der Waals surface area (Å²) in [6, 6.07) is 9.10. The van der Waals surface area contributed by atoms with Gasteiger partial charge in [0.05, 0.1) is 5.56 Å². The van der Waals surface area contributed by atoms with Gasteiger partial charge in [0.2, 0.25) is 0 Å².